The number of carbonyl (C=O) groups excluding carboxylic acids is 1. The highest BCUT2D eigenvalue weighted by atomic mass is 32.1. The number of fused-ring (bicyclic) bond motifs is 1. The number of nitrogens with one attached hydrogen (secondary N) is 1. The zero-order valence-corrected chi connectivity index (χ0v) is 13.1. The van der Waals surface area contributed by atoms with Crippen molar-refractivity contribution in [2.75, 3.05) is 0 Å². The van der Waals surface area contributed by atoms with E-state index in [1.165, 1.54) is 4.70 Å². The van der Waals surface area contributed by atoms with Gasteiger partial charge in [-0.2, -0.15) is 0 Å². The van der Waals surface area contributed by atoms with Crippen LogP contribution in [0.25, 0.3) is 10.1 Å². The fourth-order valence-corrected chi connectivity index (χ4v) is 4.33. The fourth-order valence-electron chi connectivity index (χ4n) is 3.37. The molecule has 4 nitrogen and oxygen atoms in total. The summed E-state index contributed by atoms with van der Waals surface area (Å²) in [5.74, 6) is -0.921. The number of carboxylic acids is 1. The van der Waals surface area contributed by atoms with E-state index in [1.807, 2.05) is 29.6 Å². The summed E-state index contributed by atoms with van der Waals surface area (Å²) in [6, 6.07) is 8.03. The van der Waals surface area contributed by atoms with E-state index < -0.39 is 11.5 Å². The lowest BCUT2D eigenvalue weighted by atomic mass is 9.92. The second kappa shape index (κ2) is 6.08. The first-order valence-electron chi connectivity index (χ1n) is 7.56. The molecule has 1 aromatic carbocycles. The van der Waals surface area contributed by atoms with Crippen molar-refractivity contribution < 1.29 is 14.7 Å². The standard InChI is InChI=1S/C17H19NO3S/c19-15(18-17(10-16(20)21)7-3-4-8-17)9-12-11-22-14-6-2-1-5-13(12)14/h1-2,5-6,11H,3-4,7-10H2,(H,18,19)(H,20,21). The molecule has 1 aliphatic rings. The lowest BCUT2D eigenvalue weighted by Gasteiger charge is -2.28. The Morgan fingerprint density at radius 3 is 2.68 bits per heavy atom. The molecule has 1 saturated carbocycles. The van der Waals surface area contributed by atoms with Crippen LogP contribution in [0.4, 0.5) is 0 Å². The van der Waals surface area contributed by atoms with Crippen LogP contribution >= 0.6 is 11.3 Å². The molecule has 0 bridgehead atoms. The van der Waals surface area contributed by atoms with Crippen molar-refractivity contribution in [2.45, 2.75) is 44.1 Å². The van der Waals surface area contributed by atoms with Crippen LogP contribution in [-0.4, -0.2) is 22.5 Å². The Morgan fingerprint density at radius 1 is 1.23 bits per heavy atom. The third-order valence-corrected chi connectivity index (χ3v) is 5.38. The Hall–Kier alpha value is -1.88. The Bertz CT molecular complexity index is 701. The molecular formula is C17H19NO3S. The minimum Gasteiger partial charge on any atom is -0.481 e. The topological polar surface area (TPSA) is 66.4 Å². The highest BCUT2D eigenvalue weighted by Gasteiger charge is 2.37. The van der Waals surface area contributed by atoms with E-state index in [2.05, 4.69) is 5.32 Å². The number of carbonyl (C=O) groups is 2. The Kier molecular flexibility index (Phi) is 4.16. The lowest BCUT2D eigenvalue weighted by Crippen LogP contribution is -2.48. The van der Waals surface area contributed by atoms with Crippen LogP contribution in [0.1, 0.15) is 37.7 Å². The SMILES string of the molecule is O=C(O)CC1(NC(=O)Cc2csc3ccccc23)CCCC1. The molecule has 2 aromatic rings. The van der Waals surface area contributed by atoms with Crippen LogP contribution in [0.3, 0.4) is 0 Å². The first-order valence-corrected chi connectivity index (χ1v) is 8.44. The minimum atomic E-state index is -0.844. The number of rotatable bonds is 5. The predicted molar refractivity (Wildman–Crippen MR) is 87.1 cm³/mol. The van der Waals surface area contributed by atoms with E-state index in [4.69, 9.17) is 5.11 Å². The second-order valence-corrected chi connectivity index (χ2v) is 6.95. The van der Waals surface area contributed by atoms with Crippen LogP contribution in [-0.2, 0) is 16.0 Å². The van der Waals surface area contributed by atoms with E-state index in [1.54, 1.807) is 11.3 Å². The molecule has 0 unspecified atom stereocenters. The summed E-state index contributed by atoms with van der Waals surface area (Å²) in [5.41, 5.74) is 0.468. The highest BCUT2D eigenvalue weighted by Crippen LogP contribution is 2.33. The van der Waals surface area contributed by atoms with Gasteiger partial charge in [0.1, 0.15) is 0 Å². The Morgan fingerprint density at radius 2 is 1.95 bits per heavy atom. The summed E-state index contributed by atoms with van der Waals surface area (Å²) in [7, 11) is 0. The largest absolute Gasteiger partial charge is 0.481 e. The van der Waals surface area contributed by atoms with E-state index in [0.29, 0.717) is 6.42 Å². The van der Waals surface area contributed by atoms with Crippen molar-refractivity contribution >= 4 is 33.3 Å². The molecule has 22 heavy (non-hydrogen) atoms. The molecule has 1 amide bonds. The molecule has 2 N–H and O–H groups in total. The van der Waals surface area contributed by atoms with Gasteiger partial charge in [0, 0.05) is 4.70 Å². The third-order valence-electron chi connectivity index (χ3n) is 4.37. The van der Waals surface area contributed by atoms with Gasteiger partial charge < -0.3 is 10.4 Å². The summed E-state index contributed by atoms with van der Waals surface area (Å²) in [4.78, 5) is 23.5. The molecule has 5 heteroatoms. The van der Waals surface area contributed by atoms with Gasteiger partial charge in [-0.25, -0.2) is 0 Å². The molecule has 0 spiro atoms. The molecule has 0 radical (unpaired) electrons. The van der Waals surface area contributed by atoms with Crippen LogP contribution in [0, 0.1) is 0 Å². The van der Waals surface area contributed by atoms with Crippen molar-refractivity contribution in [3.05, 3.63) is 35.2 Å². The van der Waals surface area contributed by atoms with Gasteiger partial charge in [-0.05, 0) is 35.2 Å². The summed E-state index contributed by atoms with van der Waals surface area (Å²) in [6.45, 7) is 0. The van der Waals surface area contributed by atoms with Crippen LogP contribution in [0.2, 0.25) is 0 Å². The molecule has 1 aliphatic carbocycles. The maximum absolute atomic E-state index is 12.4. The van der Waals surface area contributed by atoms with Crippen LogP contribution in [0.15, 0.2) is 29.6 Å². The summed E-state index contributed by atoms with van der Waals surface area (Å²) >= 11 is 1.63. The van der Waals surface area contributed by atoms with Crippen molar-refractivity contribution in [3.63, 3.8) is 0 Å². The molecule has 1 aromatic heterocycles. The van der Waals surface area contributed by atoms with E-state index in [0.717, 1.165) is 36.6 Å². The van der Waals surface area contributed by atoms with Gasteiger partial charge in [-0.3, -0.25) is 9.59 Å². The first-order chi connectivity index (χ1) is 10.6. The number of hydrogen-bond acceptors (Lipinski definition) is 3. The molecule has 3 rings (SSSR count). The molecule has 0 aliphatic heterocycles. The molecule has 1 heterocycles. The van der Waals surface area contributed by atoms with E-state index >= 15 is 0 Å². The van der Waals surface area contributed by atoms with Gasteiger partial charge in [0.25, 0.3) is 0 Å². The van der Waals surface area contributed by atoms with E-state index in [9.17, 15) is 9.59 Å². The zero-order chi connectivity index (χ0) is 15.6. The number of benzene rings is 1. The second-order valence-electron chi connectivity index (χ2n) is 6.04. The summed E-state index contributed by atoms with van der Waals surface area (Å²) in [5, 5.41) is 15.2. The lowest BCUT2D eigenvalue weighted by molar-refractivity contribution is -0.139. The van der Waals surface area contributed by atoms with Crippen molar-refractivity contribution in [3.8, 4) is 0 Å². The van der Waals surface area contributed by atoms with Gasteiger partial charge in [0.2, 0.25) is 5.91 Å². The van der Waals surface area contributed by atoms with Gasteiger partial charge in [0.05, 0.1) is 18.4 Å². The van der Waals surface area contributed by atoms with Gasteiger partial charge >= 0.3 is 5.97 Å². The fraction of sp³-hybridized carbons (Fsp3) is 0.412. The average molecular weight is 317 g/mol. The Labute approximate surface area is 133 Å². The maximum atomic E-state index is 12.4. The molecule has 0 atom stereocenters. The monoisotopic (exact) mass is 317 g/mol. The van der Waals surface area contributed by atoms with E-state index in [-0.39, 0.29) is 12.3 Å². The summed E-state index contributed by atoms with van der Waals surface area (Å²) < 4.78 is 1.17. The third kappa shape index (κ3) is 3.14. The molecule has 116 valence electrons. The first kappa shape index (κ1) is 15.0. The number of aliphatic carboxylic acids is 1. The van der Waals surface area contributed by atoms with Crippen LogP contribution in [0.5, 0.6) is 0 Å². The Balaban J connectivity index is 1.72. The summed E-state index contributed by atoms with van der Waals surface area (Å²) in [6.07, 6.45) is 3.81. The van der Waals surface area contributed by atoms with Gasteiger partial charge in [-0.15, -0.1) is 11.3 Å². The van der Waals surface area contributed by atoms with Crippen molar-refractivity contribution in [1.29, 1.82) is 0 Å². The minimum absolute atomic E-state index is 0.0170. The van der Waals surface area contributed by atoms with Gasteiger partial charge in [0.15, 0.2) is 0 Å². The predicted octanol–water partition coefficient (Wildman–Crippen LogP) is 3.35. The normalized spacial score (nSPS) is 16.7. The quantitative estimate of drug-likeness (QED) is 0.889. The molecule has 0 saturated heterocycles. The highest BCUT2D eigenvalue weighted by molar-refractivity contribution is 7.17. The molecular weight excluding hydrogens is 298 g/mol. The zero-order valence-electron chi connectivity index (χ0n) is 12.3. The van der Waals surface area contributed by atoms with Gasteiger partial charge in [-0.1, -0.05) is 31.0 Å². The number of amides is 1. The molecule has 1 fully saturated rings. The maximum Gasteiger partial charge on any atom is 0.305 e. The average Bonchev–Trinajstić information content (AvgIpc) is 3.06. The van der Waals surface area contributed by atoms with Crippen molar-refractivity contribution in [1.82, 2.24) is 5.32 Å². The number of carboxylic acid groups (broad SMARTS) is 1. The number of hydrogen-bond donors (Lipinski definition) is 2. The number of thiophene rings is 1. The van der Waals surface area contributed by atoms with Crippen LogP contribution < -0.4 is 5.32 Å². The van der Waals surface area contributed by atoms with Crippen molar-refractivity contribution in [2.24, 2.45) is 0 Å². The smallest absolute Gasteiger partial charge is 0.305 e.